The third kappa shape index (κ3) is 5.64. The van der Waals surface area contributed by atoms with Gasteiger partial charge in [0.05, 0.1) is 27.9 Å². The Morgan fingerprint density at radius 2 is 1.54 bits per heavy atom. The van der Waals surface area contributed by atoms with Gasteiger partial charge in [-0.15, -0.1) is 0 Å². The Balaban J connectivity index is 1.84. The Morgan fingerprint density at radius 3 is 2.04 bits per heavy atom. The van der Waals surface area contributed by atoms with Crippen molar-refractivity contribution in [2.24, 2.45) is 0 Å². The number of benzene rings is 2. The van der Waals surface area contributed by atoms with Crippen LogP contribution in [0.15, 0.2) is 36.4 Å². The van der Waals surface area contributed by atoms with Crippen LogP contribution in [0.25, 0.3) is 0 Å². The molecule has 0 saturated carbocycles. The molecule has 0 aromatic heterocycles. The minimum Gasteiger partial charge on any atom is -0.494 e. The lowest BCUT2D eigenvalue weighted by atomic mass is 10.1. The monoisotopic (exact) mass is 387 g/mol. The smallest absolute Gasteiger partial charge is 0.224 e. The van der Waals surface area contributed by atoms with E-state index in [-0.39, 0.29) is 11.7 Å². The summed E-state index contributed by atoms with van der Waals surface area (Å²) in [6, 6.07) is 10.3. The highest BCUT2D eigenvalue weighted by Crippen LogP contribution is 2.39. The van der Waals surface area contributed by atoms with E-state index in [1.54, 1.807) is 36.4 Å². The van der Waals surface area contributed by atoms with Crippen molar-refractivity contribution in [1.82, 2.24) is 0 Å². The second-order valence-corrected chi connectivity index (χ2v) is 5.99. The number of ketones is 1. The zero-order valence-corrected chi connectivity index (χ0v) is 16.5. The number of hydrogen-bond acceptors (Lipinski definition) is 6. The zero-order valence-electron chi connectivity index (χ0n) is 16.5. The van der Waals surface area contributed by atoms with Gasteiger partial charge in [-0.1, -0.05) is 0 Å². The van der Waals surface area contributed by atoms with Gasteiger partial charge in [0.15, 0.2) is 17.3 Å². The Kier molecular flexibility index (Phi) is 7.68. The third-order valence-electron chi connectivity index (χ3n) is 4.03. The van der Waals surface area contributed by atoms with Crippen LogP contribution in [0.1, 0.15) is 30.1 Å². The molecule has 150 valence electrons. The number of hydrogen-bond donors (Lipinski definition) is 1. The van der Waals surface area contributed by atoms with Crippen LogP contribution in [0.2, 0.25) is 0 Å². The van der Waals surface area contributed by atoms with Crippen molar-refractivity contribution in [3.8, 4) is 23.0 Å². The Morgan fingerprint density at radius 1 is 0.929 bits per heavy atom. The summed E-state index contributed by atoms with van der Waals surface area (Å²) in [5, 5.41) is 2.81. The largest absolute Gasteiger partial charge is 0.494 e. The minimum atomic E-state index is -0.148. The number of rotatable bonds is 10. The molecule has 1 amide bonds. The van der Waals surface area contributed by atoms with Gasteiger partial charge in [0.2, 0.25) is 11.7 Å². The normalized spacial score (nSPS) is 10.1. The zero-order chi connectivity index (χ0) is 20.5. The number of carbonyl (C=O) groups excluding carboxylic acids is 2. The average molecular weight is 387 g/mol. The summed E-state index contributed by atoms with van der Waals surface area (Å²) in [6.07, 6.45) is 0.840. The highest BCUT2D eigenvalue weighted by molar-refractivity contribution is 5.94. The number of carbonyl (C=O) groups is 2. The number of anilines is 1. The third-order valence-corrected chi connectivity index (χ3v) is 4.03. The predicted molar refractivity (Wildman–Crippen MR) is 106 cm³/mol. The second kappa shape index (κ2) is 10.2. The first-order valence-electron chi connectivity index (χ1n) is 8.82. The maximum absolute atomic E-state index is 12.2. The highest BCUT2D eigenvalue weighted by Gasteiger charge is 2.14. The molecule has 0 aliphatic carbocycles. The lowest BCUT2D eigenvalue weighted by Crippen LogP contribution is -2.13. The standard InChI is InChI=1S/C21H25NO6/c1-14(23)15-7-9-17(10-8-15)28-11-5-6-20(24)22-16-12-18(25-2)21(27-4)19(13-16)26-3/h7-10,12-13H,5-6,11H2,1-4H3,(H,22,24). The van der Waals surface area contributed by atoms with E-state index >= 15 is 0 Å². The number of methoxy groups -OCH3 is 3. The summed E-state index contributed by atoms with van der Waals surface area (Å²) in [6.45, 7) is 1.91. The van der Waals surface area contributed by atoms with Gasteiger partial charge in [-0.2, -0.15) is 0 Å². The van der Waals surface area contributed by atoms with E-state index in [9.17, 15) is 9.59 Å². The number of Topliss-reactive ketones (excluding diaryl/α,β-unsaturated/α-hetero) is 1. The predicted octanol–water partition coefficient (Wildman–Crippen LogP) is 3.71. The first-order valence-corrected chi connectivity index (χ1v) is 8.82. The van der Waals surface area contributed by atoms with E-state index in [0.717, 1.165) is 0 Å². The molecule has 0 aliphatic rings. The quantitative estimate of drug-likeness (QED) is 0.494. The van der Waals surface area contributed by atoms with Crippen molar-refractivity contribution >= 4 is 17.4 Å². The molecule has 0 heterocycles. The Hall–Kier alpha value is -3.22. The summed E-state index contributed by atoms with van der Waals surface area (Å²) in [7, 11) is 4.55. The second-order valence-electron chi connectivity index (χ2n) is 5.99. The molecule has 0 spiro atoms. The van der Waals surface area contributed by atoms with Gasteiger partial charge < -0.3 is 24.3 Å². The molecular formula is C21H25NO6. The number of nitrogens with one attached hydrogen (secondary N) is 1. The Bertz CT molecular complexity index is 791. The van der Waals surface area contributed by atoms with E-state index in [1.807, 2.05) is 0 Å². The van der Waals surface area contributed by atoms with E-state index in [1.165, 1.54) is 28.3 Å². The molecule has 7 nitrogen and oxygen atoms in total. The van der Waals surface area contributed by atoms with E-state index < -0.39 is 0 Å². The molecule has 28 heavy (non-hydrogen) atoms. The van der Waals surface area contributed by atoms with E-state index in [2.05, 4.69) is 5.32 Å². The maximum Gasteiger partial charge on any atom is 0.224 e. The molecule has 2 aromatic rings. The molecule has 7 heteroatoms. The molecule has 0 bridgehead atoms. The fraction of sp³-hybridized carbons (Fsp3) is 0.333. The van der Waals surface area contributed by atoms with Crippen LogP contribution in [0.3, 0.4) is 0 Å². The molecule has 0 fully saturated rings. The van der Waals surface area contributed by atoms with E-state index in [0.29, 0.717) is 53.7 Å². The lowest BCUT2D eigenvalue weighted by molar-refractivity contribution is -0.116. The summed E-state index contributed by atoms with van der Waals surface area (Å²) in [5.74, 6) is 1.92. The molecule has 0 aliphatic heterocycles. The van der Waals surface area contributed by atoms with Gasteiger partial charge in [0.1, 0.15) is 5.75 Å². The van der Waals surface area contributed by atoms with Gasteiger partial charge in [0.25, 0.3) is 0 Å². The van der Waals surface area contributed by atoms with Crippen LogP contribution < -0.4 is 24.3 Å². The molecule has 0 saturated heterocycles. The molecule has 2 rings (SSSR count). The van der Waals surface area contributed by atoms with Crippen molar-refractivity contribution in [2.75, 3.05) is 33.3 Å². The fourth-order valence-corrected chi connectivity index (χ4v) is 2.59. The number of amides is 1. The van der Waals surface area contributed by atoms with Crippen molar-refractivity contribution in [3.05, 3.63) is 42.0 Å². The van der Waals surface area contributed by atoms with Gasteiger partial charge in [0, 0.05) is 29.8 Å². The van der Waals surface area contributed by atoms with Gasteiger partial charge in [-0.05, 0) is 37.6 Å². The molecule has 0 atom stereocenters. The van der Waals surface area contributed by atoms with Crippen LogP contribution in [0.5, 0.6) is 23.0 Å². The van der Waals surface area contributed by atoms with Gasteiger partial charge in [-0.25, -0.2) is 0 Å². The van der Waals surface area contributed by atoms with Gasteiger partial charge >= 0.3 is 0 Å². The summed E-state index contributed by atoms with van der Waals surface area (Å²) in [4.78, 5) is 23.4. The number of ether oxygens (including phenoxy) is 4. The SMILES string of the molecule is COc1cc(NC(=O)CCCOc2ccc(C(C)=O)cc2)cc(OC)c1OC. The average Bonchev–Trinajstić information content (AvgIpc) is 2.70. The van der Waals surface area contributed by atoms with Crippen LogP contribution in [-0.2, 0) is 4.79 Å². The fourth-order valence-electron chi connectivity index (χ4n) is 2.59. The molecule has 0 radical (unpaired) electrons. The first kappa shape index (κ1) is 21.1. The van der Waals surface area contributed by atoms with Crippen molar-refractivity contribution in [3.63, 3.8) is 0 Å². The van der Waals surface area contributed by atoms with Crippen molar-refractivity contribution in [2.45, 2.75) is 19.8 Å². The van der Waals surface area contributed by atoms with E-state index in [4.69, 9.17) is 18.9 Å². The molecule has 2 aromatic carbocycles. The van der Waals surface area contributed by atoms with Crippen LogP contribution >= 0.6 is 0 Å². The van der Waals surface area contributed by atoms with Gasteiger partial charge in [-0.3, -0.25) is 9.59 Å². The summed E-state index contributed by atoms with van der Waals surface area (Å²) in [5.41, 5.74) is 1.19. The topological polar surface area (TPSA) is 83.1 Å². The van der Waals surface area contributed by atoms with Crippen molar-refractivity contribution < 1.29 is 28.5 Å². The lowest BCUT2D eigenvalue weighted by Gasteiger charge is -2.14. The Labute approximate surface area is 164 Å². The summed E-state index contributed by atoms with van der Waals surface area (Å²) < 4.78 is 21.4. The van der Waals surface area contributed by atoms with Crippen LogP contribution in [0, 0.1) is 0 Å². The minimum absolute atomic E-state index is 0.00927. The van der Waals surface area contributed by atoms with Crippen LogP contribution in [-0.4, -0.2) is 39.6 Å². The molecular weight excluding hydrogens is 362 g/mol. The summed E-state index contributed by atoms with van der Waals surface area (Å²) >= 11 is 0. The first-order chi connectivity index (χ1) is 13.5. The molecule has 1 N–H and O–H groups in total. The van der Waals surface area contributed by atoms with Crippen LogP contribution in [0.4, 0.5) is 5.69 Å². The highest BCUT2D eigenvalue weighted by atomic mass is 16.5. The van der Waals surface area contributed by atoms with Crippen molar-refractivity contribution in [1.29, 1.82) is 0 Å². The maximum atomic E-state index is 12.2. The molecule has 0 unspecified atom stereocenters.